The monoisotopic (exact) mass is 280 g/mol. The number of carbonyl (C=O) groups is 2. The van der Waals surface area contributed by atoms with Gasteiger partial charge in [-0.2, -0.15) is 0 Å². The Balaban J connectivity index is 2.35. The summed E-state index contributed by atoms with van der Waals surface area (Å²) in [5, 5.41) is 11.6. The van der Waals surface area contributed by atoms with Crippen molar-refractivity contribution in [3.05, 3.63) is 24.0 Å². The maximum Gasteiger partial charge on any atom is 0.303 e. The van der Waals surface area contributed by atoms with Crippen LogP contribution in [0.5, 0.6) is 0 Å². The summed E-state index contributed by atoms with van der Waals surface area (Å²) in [6.45, 7) is 5.41. The topological polar surface area (TPSA) is 71.3 Å². The van der Waals surface area contributed by atoms with Crippen molar-refractivity contribution in [2.45, 2.75) is 46.1 Å². The van der Waals surface area contributed by atoms with Gasteiger partial charge in [-0.05, 0) is 37.8 Å². The fourth-order valence-electron chi connectivity index (χ4n) is 2.26. The van der Waals surface area contributed by atoms with E-state index in [1.807, 2.05) is 23.8 Å². The second-order valence-corrected chi connectivity index (χ2v) is 4.93. The zero-order valence-electron chi connectivity index (χ0n) is 12.3. The summed E-state index contributed by atoms with van der Waals surface area (Å²) in [5.41, 5.74) is 0.672. The van der Waals surface area contributed by atoms with E-state index in [-0.39, 0.29) is 12.3 Å². The average Bonchev–Trinajstić information content (AvgIpc) is 2.90. The van der Waals surface area contributed by atoms with E-state index >= 15 is 0 Å². The molecule has 0 bridgehead atoms. The molecular formula is C15H24N2O3. The number of nitrogens with one attached hydrogen (secondary N) is 1. The molecule has 112 valence electrons. The lowest BCUT2D eigenvalue weighted by molar-refractivity contribution is -0.137. The van der Waals surface area contributed by atoms with E-state index in [0.717, 1.165) is 19.4 Å². The molecule has 1 amide bonds. The molecule has 0 fully saturated rings. The molecule has 1 rings (SSSR count). The van der Waals surface area contributed by atoms with Crippen molar-refractivity contribution < 1.29 is 14.7 Å². The van der Waals surface area contributed by atoms with Gasteiger partial charge < -0.3 is 15.0 Å². The maximum absolute atomic E-state index is 12.0. The molecule has 0 saturated heterocycles. The quantitative estimate of drug-likeness (QED) is 0.730. The Labute approximate surface area is 120 Å². The van der Waals surface area contributed by atoms with Gasteiger partial charge in [0.1, 0.15) is 5.69 Å². The molecule has 5 nitrogen and oxygen atoms in total. The Morgan fingerprint density at radius 1 is 1.35 bits per heavy atom. The summed E-state index contributed by atoms with van der Waals surface area (Å²) in [7, 11) is 0. The van der Waals surface area contributed by atoms with E-state index < -0.39 is 5.97 Å². The number of carbonyl (C=O) groups excluding carboxylic acids is 1. The Bertz CT molecular complexity index is 440. The largest absolute Gasteiger partial charge is 0.481 e. The highest BCUT2D eigenvalue weighted by Gasteiger charge is 2.12. The first kappa shape index (κ1) is 16.3. The van der Waals surface area contributed by atoms with Gasteiger partial charge in [0.25, 0.3) is 5.91 Å². The summed E-state index contributed by atoms with van der Waals surface area (Å²) in [4.78, 5) is 22.6. The highest BCUT2D eigenvalue weighted by Crippen LogP contribution is 2.14. The standard InChI is InChI=1S/C15H24N2O3/c1-3-12(7-8-14(18)19)9-10-16-15(20)13-6-5-11-17(13)4-2/h5-6,11-12H,3-4,7-10H2,1-2H3,(H,16,20)(H,18,19). The molecule has 1 unspecified atom stereocenters. The van der Waals surface area contributed by atoms with E-state index in [1.165, 1.54) is 0 Å². The van der Waals surface area contributed by atoms with Crippen LogP contribution in [0.3, 0.4) is 0 Å². The van der Waals surface area contributed by atoms with E-state index in [4.69, 9.17) is 5.11 Å². The summed E-state index contributed by atoms with van der Waals surface area (Å²) in [5.74, 6) is -0.470. The number of carboxylic acid groups (broad SMARTS) is 1. The van der Waals surface area contributed by atoms with Gasteiger partial charge in [-0.25, -0.2) is 0 Å². The molecule has 1 heterocycles. The third kappa shape index (κ3) is 5.07. The van der Waals surface area contributed by atoms with Gasteiger partial charge in [-0.1, -0.05) is 13.3 Å². The van der Waals surface area contributed by atoms with Gasteiger partial charge in [0.2, 0.25) is 0 Å². The van der Waals surface area contributed by atoms with E-state index in [0.29, 0.717) is 24.6 Å². The van der Waals surface area contributed by atoms with Gasteiger partial charge >= 0.3 is 5.97 Å². The molecular weight excluding hydrogens is 256 g/mol. The maximum atomic E-state index is 12.0. The smallest absolute Gasteiger partial charge is 0.303 e. The Hall–Kier alpha value is -1.78. The first-order valence-corrected chi connectivity index (χ1v) is 7.23. The lowest BCUT2D eigenvalue weighted by atomic mass is 9.96. The average molecular weight is 280 g/mol. The number of aryl methyl sites for hydroxylation is 1. The number of aliphatic carboxylic acids is 1. The zero-order valence-corrected chi connectivity index (χ0v) is 12.3. The molecule has 1 atom stereocenters. The number of nitrogens with zero attached hydrogens (tertiary/aromatic N) is 1. The van der Waals surface area contributed by atoms with Crippen molar-refractivity contribution in [2.75, 3.05) is 6.54 Å². The fraction of sp³-hybridized carbons (Fsp3) is 0.600. The normalized spacial score (nSPS) is 12.1. The number of amides is 1. The molecule has 5 heteroatoms. The highest BCUT2D eigenvalue weighted by molar-refractivity contribution is 5.92. The van der Waals surface area contributed by atoms with Crippen LogP contribution in [0.4, 0.5) is 0 Å². The number of rotatable bonds is 9. The molecule has 0 aliphatic carbocycles. The lowest BCUT2D eigenvalue weighted by Gasteiger charge is -2.14. The first-order chi connectivity index (χ1) is 9.58. The van der Waals surface area contributed by atoms with Gasteiger partial charge in [0, 0.05) is 25.7 Å². The van der Waals surface area contributed by atoms with Crippen LogP contribution in [0.25, 0.3) is 0 Å². The molecule has 1 aromatic heterocycles. The number of hydrogen-bond donors (Lipinski definition) is 2. The molecule has 0 aliphatic rings. The van der Waals surface area contributed by atoms with Crippen molar-refractivity contribution in [3.63, 3.8) is 0 Å². The Morgan fingerprint density at radius 3 is 2.70 bits per heavy atom. The molecule has 0 aliphatic heterocycles. The zero-order chi connectivity index (χ0) is 15.0. The highest BCUT2D eigenvalue weighted by atomic mass is 16.4. The van der Waals surface area contributed by atoms with Crippen molar-refractivity contribution in [1.29, 1.82) is 0 Å². The van der Waals surface area contributed by atoms with Crippen molar-refractivity contribution >= 4 is 11.9 Å². The molecule has 0 spiro atoms. The Morgan fingerprint density at radius 2 is 2.10 bits per heavy atom. The van der Waals surface area contributed by atoms with Crippen LogP contribution in [0.1, 0.15) is 50.0 Å². The minimum absolute atomic E-state index is 0.0649. The minimum atomic E-state index is -0.756. The third-order valence-corrected chi connectivity index (χ3v) is 3.58. The van der Waals surface area contributed by atoms with Crippen LogP contribution in [0, 0.1) is 5.92 Å². The van der Waals surface area contributed by atoms with Gasteiger partial charge in [-0.3, -0.25) is 9.59 Å². The van der Waals surface area contributed by atoms with E-state index in [1.54, 1.807) is 6.07 Å². The SMILES string of the molecule is CCC(CCNC(=O)c1cccn1CC)CCC(=O)O. The van der Waals surface area contributed by atoms with Gasteiger partial charge in [0.05, 0.1) is 0 Å². The summed E-state index contributed by atoms with van der Waals surface area (Å²) in [6, 6.07) is 3.67. The predicted molar refractivity (Wildman–Crippen MR) is 77.7 cm³/mol. The van der Waals surface area contributed by atoms with Crippen molar-refractivity contribution in [1.82, 2.24) is 9.88 Å². The van der Waals surface area contributed by atoms with Crippen LogP contribution in [0.15, 0.2) is 18.3 Å². The van der Waals surface area contributed by atoms with E-state index in [9.17, 15) is 9.59 Å². The van der Waals surface area contributed by atoms with E-state index in [2.05, 4.69) is 12.2 Å². The summed E-state index contributed by atoms with van der Waals surface area (Å²) >= 11 is 0. The molecule has 20 heavy (non-hydrogen) atoms. The van der Waals surface area contributed by atoms with Crippen LogP contribution in [0.2, 0.25) is 0 Å². The van der Waals surface area contributed by atoms with Crippen LogP contribution >= 0.6 is 0 Å². The Kier molecular flexibility index (Phi) is 6.84. The van der Waals surface area contributed by atoms with Gasteiger partial charge in [0.15, 0.2) is 0 Å². The molecule has 0 aromatic carbocycles. The number of carboxylic acids is 1. The predicted octanol–water partition coefficient (Wildman–Crippen LogP) is 2.52. The van der Waals surface area contributed by atoms with Crippen LogP contribution in [-0.4, -0.2) is 28.1 Å². The molecule has 0 radical (unpaired) electrons. The van der Waals surface area contributed by atoms with Crippen molar-refractivity contribution in [3.8, 4) is 0 Å². The minimum Gasteiger partial charge on any atom is -0.481 e. The second kappa shape index (κ2) is 8.40. The summed E-state index contributed by atoms with van der Waals surface area (Å²) < 4.78 is 1.90. The summed E-state index contributed by atoms with van der Waals surface area (Å²) in [6.07, 6.45) is 4.52. The number of aromatic nitrogens is 1. The fourth-order valence-corrected chi connectivity index (χ4v) is 2.26. The number of hydrogen-bond acceptors (Lipinski definition) is 2. The second-order valence-electron chi connectivity index (χ2n) is 4.93. The van der Waals surface area contributed by atoms with Crippen molar-refractivity contribution in [2.24, 2.45) is 5.92 Å². The molecule has 1 aromatic rings. The molecule has 2 N–H and O–H groups in total. The first-order valence-electron chi connectivity index (χ1n) is 7.23. The van der Waals surface area contributed by atoms with Gasteiger partial charge in [-0.15, -0.1) is 0 Å². The van der Waals surface area contributed by atoms with Crippen LogP contribution < -0.4 is 5.32 Å². The molecule has 0 saturated carbocycles. The lowest BCUT2D eigenvalue weighted by Crippen LogP contribution is -2.28. The van der Waals surface area contributed by atoms with Crippen LogP contribution in [-0.2, 0) is 11.3 Å². The third-order valence-electron chi connectivity index (χ3n) is 3.58.